The molecule has 0 aromatic carbocycles. The summed E-state index contributed by atoms with van der Waals surface area (Å²) in [4.78, 5) is 9.57. The van der Waals surface area contributed by atoms with Crippen molar-refractivity contribution in [3.05, 3.63) is 12.7 Å². The molecule has 3 heteroatoms. The minimum atomic E-state index is 0.653. The molecule has 0 aromatic rings. The lowest BCUT2D eigenvalue weighted by Crippen LogP contribution is -2.11. The molecule has 0 aliphatic rings. The van der Waals surface area contributed by atoms with Gasteiger partial charge < -0.3 is 10.1 Å². The van der Waals surface area contributed by atoms with Crippen LogP contribution in [0.3, 0.4) is 0 Å². The van der Waals surface area contributed by atoms with E-state index < -0.39 is 0 Å². The van der Waals surface area contributed by atoms with E-state index in [0.29, 0.717) is 6.61 Å². The van der Waals surface area contributed by atoms with Crippen LogP contribution in [0, 0.1) is 0 Å². The first kappa shape index (κ1) is 13.7. The molecule has 0 atom stereocenters. The van der Waals surface area contributed by atoms with Gasteiger partial charge >= 0.3 is 0 Å². The van der Waals surface area contributed by atoms with Crippen molar-refractivity contribution in [2.45, 2.75) is 19.8 Å². The van der Waals surface area contributed by atoms with Crippen LogP contribution in [0.15, 0.2) is 12.7 Å². The number of carbonyl (C=O) groups is 1. The number of ether oxygens (including phenoxy) is 1. The highest BCUT2D eigenvalue weighted by atomic mass is 16.5. The largest absolute Gasteiger partial charge is 0.381 e. The van der Waals surface area contributed by atoms with E-state index in [0.717, 1.165) is 25.8 Å². The average molecular weight is 173 g/mol. The molecule has 0 rings (SSSR count). The third-order valence-corrected chi connectivity index (χ3v) is 1.04. The number of amides is 1. The third-order valence-electron chi connectivity index (χ3n) is 1.04. The van der Waals surface area contributed by atoms with Gasteiger partial charge in [0.05, 0.1) is 6.61 Å². The highest BCUT2D eigenvalue weighted by molar-refractivity contribution is 5.45. The minimum absolute atomic E-state index is 0.653. The Hall–Kier alpha value is -0.830. The first-order valence-electron chi connectivity index (χ1n) is 4.10. The zero-order valence-electron chi connectivity index (χ0n) is 8.01. The zero-order valence-corrected chi connectivity index (χ0v) is 8.01. The molecule has 0 unspecified atom stereocenters. The number of methoxy groups -OCH3 is 1. The standard InChI is InChI=1S/C5H11NO.C4H8O/c1-2-3-4-6-5-7;1-3-4-5-2/h5H,2-4H2,1H3,(H,6,7);3H,1,4H2,2H3. The van der Waals surface area contributed by atoms with Crippen molar-refractivity contribution >= 4 is 6.41 Å². The molecule has 0 heterocycles. The summed E-state index contributed by atoms with van der Waals surface area (Å²) in [6.45, 7) is 6.99. The quantitative estimate of drug-likeness (QED) is 0.374. The Morgan fingerprint density at radius 3 is 2.50 bits per heavy atom. The van der Waals surface area contributed by atoms with Gasteiger partial charge in [-0.3, -0.25) is 4.79 Å². The Morgan fingerprint density at radius 2 is 2.25 bits per heavy atom. The summed E-state index contributed by atoms with van der Waals surface area (Å²) in [6, 6.07) is 0. The molecule has 12 heavy (non-hydrogen) atoms. The molecule has 0 spiro atoms. The van der Waals surface area contributed by atoms with Crippen LogP contribution in [0.1, 0.15) is 19.8 Å². The Balaban J connectivity index is 0. The first-order chi connectivity index (χ1) is 5.83. The number of unbranched alkanes of at least 4 members (excludes halogenated alkanes) is 1. The number of nitrogens with one attached hydrogen (secondary N) is 1. The van der Waals surface area contributed by atoms with Gasteiger partial charge in [-0.2, -0.15) is 0 Å². The molecule has 0 bridgehead atoms. The molecule has 0 aromatic heterocycles. The molecular weight excluding hydrogens is 154 g/mol. The zero-order chi connectivity index (χ0) is 9.66. The van der Waals surface area contributed by atoms with Crippen molar-refractivity contribution in [3.63, 3.8) is 0 Å². The van der Waals surface area contributed by atoms with Crippen molar-refractivity contribution in [1.82, 2.24) is 5.32 Å². The van der Waals surface area contributed by atoms with Crippen molar-refractivity contribution < 1.29 is 9.53 Å². The average Bonchev–Trinajstić information content (AvgIpc) is 2.08. The summed E-state index contributed by atoms with van der Waals surface area (Å²) in [7, 11) is 1.64. The van der Waals surface area contributed by atoms with Crippen LogP contribution in [0.5, 0.6) is 0 Å². The SMILES string of the molecule is C=CCOC.CCCCNC=O. The van der Waals surface area contributed by atoms with Gasteiger partial charge in [-0.1, -0.05) is 19.4 Å². The van der Waals surface area contributed by atoms with Gasteiger partial charge in [-0.25, -0.2) is 0 Å². The van der Waals surface area contributed by atoms with Gasteiger partial charge in [0.15, 0.2) is 0 Å². The molecule has 0 saturated heterocycles. The Kier molecular flexibility index (Phi) is 19.0. The predicted octanol–water partition coefficient (Wildman–Crippen LogP) is 1.35. The number of hydrogen-bond acceptors (Lipinski definition) is 2. The van der Waals surface area contributed by atoms with Crippen LogP contribution >= 0.6 is 0 Å². The van der Waals surface area contributed by atoms with Crippen LogP contribution < -0.4 is 5.32 Å². The van der Waals surface area contributed by atoms with Crippen LogP contribution in [-0.2, 0) is 9.53 Å². The van der Waals surface area contributed by atoms with Gasteiger partial charge in [0.25, 0.3) is 0 Å². The van der Waals surface area contributed by atoms with E-state index in [-0.39, 0.29) is 0 Å². The van der Waals surface area contributed by atoms with Crippen molar-refractivity contribution in [3.8, 4) is 0 Å². The van der Waals surface area contributed by atoms with E-state index in [9.17, 15) is 4.79 Å². The predicted molar refractivity (Wildman–Crippen MR) is 51.0 cm³/mol. The van der Waals surface area contributed by atoms with E-state index >= 15 is 0 Å². The molecule has 1 N–H and O–H groups in total. The van der Waals surface area contributed by atoms with E-state index in [4.69, 9.17) is 0 Å². The third kappa shape index (κ3) is 22.9. The lowest BCUT2D eigenvalue weighted by molar-refractivity contribution is -0.109. The molecule has 3 nitrogen and oxygen atoms in total. The van der Waals surface area contributed by atoms with Gasteiger partial charge in [-0.15, -0.1) is 6.58 Å². The van der Waals surface area contributed by atoms with E-state index in [2.05, 4.69) is 23.6 Å². The van der Waals surface area contributed by atoms with E-state index in [1.807, 2.05) is 0 Å². The Bertz CT molecular complexity index is 94.5. The molecular formula is C9H19NO2. The fourth-order valence-electron chi connectivity index (χ4n) is 0.456. The summed E-state index contributed by atoms with van der Waals surface area (Å²) in [5.74, 6) is 0. The number of carbonyl (C=O) groups excluding carboxylic acids is 1. The summed E-state index contributed by atoms with van der Waals surface area (Å²) in [5.41, 5.74) is 0. The molecule has 0 aliphatic heterocycles. The maximum atomic E-state index is 9.57. The van der Waals surface area contributed by atoms with Gasteiger partial charge in [-0.05, 0) is 6.42 Å². The second-order valence-corrected chi connectivity index (χ2v) is 2.17. The molecule has 0 saturated carbocycles. The van der Waals surface area contributed by atoms with Crippen molar-refractivity contribution in [2.24, 2.45) is 0 Å². The minimum Gasteiger partial charge on any atom is -0.381 e. The monoisotopic (exact) mass is 173 g/mol. The van der Waals surface area contributed by atoms with Gasteiger partial charge in [0.2, 0.25) is 6.41 Å². The lowest BCUT2D eigenvalue weighted by Gasteiger charge is -1.90. The highest BCUT2D eigenvalue weighted by Gasteiger charge is 1.76. The Labute approximate surface area is 74.8 Å². The molecule has 0 radical (unpaired) electrons. The molecule has 1 amide bonds. The summed E-state index contributed by atoms with van der Waals surface area (Å²) in [6.07, 6.45) is 4.66. The van der Waals surface area contributed by atoms with E-state index in [1.54, 1.807) is 13.2 Å². The smallest absolute Gasteiger partial charge is 0.207 e. The molecule has 0 aliphatic carbocycles. The van der Waals surface area contributed by atoms with Gasteiger partial charge in [0, 0.05) is 13.7 Å². The normalized spacial score (nSPS) is 7.83. The number of rotatable bonds is 6. The molecule has 72 valence electrons. The molecule has 0 fully saturated rings. The Morgan fingerprint density at radius 1 is 1.58 bits per heavy atom. The van der Waals surface area contributed by atoms with Crippen LogP contribution in [-0.4, -0.2) is 26.7 Å². The summed E-state index contributed by atoms with van der Waals surface area (Å²) >= 11 is 0. The fourth-order valence-corrected chi connectivity index (χ4v) is 0.456. The maximum Gasteiger partial charge on any atom is 0.207 e. The van der Waals surface area contributed by atoms with Gasteiger partial charge in [0.1, 0.15) is 0 Å². The second kappa shape index (κ2) is 16.6. The van der Waals surface area contributed by atoms with Crippen LogP contribution in [0.4, 0.5) is 0 Å². The van der Waals surface area contributed by atoms with E-state index in [1.165, 1.54) is 0 Å². The lowest BCUT2D eigenvalue weighted by atomic mass is 10.3. The topological polar surface area (TPSA) is 38.3 Å². The second-order valence-electron chi connectivity index (χ2n) is 2.17. The maximum absolute atomic E-state index is 9.57. The first-order valence-corrected chi connectivity index (χ1v) is 4.10. The van der Waals surface area contributed by atoms with Crippen LogP contribution in [0.2, 0.25) is 0 Å². The highest BCUT2D eigenvalue weighted by Crippen LogP contribution is 1.79. The van der Waals surface area contributed by atoms with Crippen molar-refractivity contribution in [1.29, 1.82) is 0 Å². The van der Waals surface area contributed by atoms with Crippen LogP contribution in [0.25, 0.3) is 0 Å². The van der Waals surface area contributed by atoms with Crippen molar-refractivity contribution in [2.75, 3.05) is 20.3 Å². The summed E-state index contributed by atoms with van der Waals surface area (Å²) in [5, 5.41) is 2.57. The fraction of sp³-hybridized carbons (Fsp3) is 0.667. The number of hydrogen-bond donors (Lipinski definition) is 1. The summed E-state index contributed by atoms with van der Waals surface area (Å²) < 4.78 is 4.57.